The van der Waals surface area contributed by atoms with E-state index in [9.17, 15) is 9.90 Å². The number of aliphatic hydroxyl groups is 1. The SMILES string of the molecule is C=C[C@@](C)(O)CC[C@]1(C)C2=CCC[C@](C)(C(=O)OC)[C@H]2CC[C@H]1C. The van der Waals surface area contributed by atoms with E-state index >= 15 is 0 Å². The molecule has 0 aromatic rings. The van der Waals surface area contributed by atoms with Gasteiger partial charge in [0.05, 0.1) is 18.1 Å². The first-order chi connectivity index (χ1) is 11.1. The minimum Gasteiger partial charge on any atom is -0.469 e. The second kappa shape index (κ2) is 6.67. The molecule has 0 radical (unpaired) electrons. The van der Waals surface area contributed by atoms with Crippen molar-refractivity contribution in [1.82, 2.24) is 0 Å². The summed E-state index contributed by atoms with van der Waals surface area (Å²) < 4.78 is 5.15. The van der Waals surface area contributed by atoms with Gasteiger partial charge in [0.2, 0.25) is 0 Å². The average Bonchev–Trinajstić information content (AvgIpc) is 2.56. The van der Waals surface area contributed by atoms with Crippen LogP contribution in [0.15, 0.2) is 24.3 Å². The number of hydrogen-bond donors (Lipinski definition) is 1. The van der Waals surface area contributed by atoms with Crippen LogP contribution in [0.2, 0.25) is 0 Å². The predicted molar refractivity (Wildman–Crippen MR) is 97.5 cm³/mol. The Bertz CT molecular complexity index is 533. The van der Waals surface area contributed by atoms with Crippen LogP contribution in [0.5, 0.6) is 0 Å². The van der Waals surface area contributed by atoms with Crippen molar-refractivity contribution in [1.29, 1.82) is 0 Å². The smallest absolute Gasteiger partial charge is 0.312 e. The maximum atomic E-state index is 12.5. The molecule has 0 spiro atoms. The lowest BCUT2D eigenvalue weighted by atomic mass is 9.51. The number of carbonyl (C=O) groups excluding carboxylic acids is 1. The van der Waals surface area contributed by atoms with Gasteiger partial charge >= 0.3 is 5.97 Å². The van der Waals surface area contributed by atoms with Gasteiger partial charge in [0, 0.05) is 0 Å². The van der Waals surface area contributed by atoms with Crippen LogP contribution in [-0.4, -0.2) is 23.8 Å². The molecule has 5 atom stereocenters. The van der Waals surface area contributed by atoms with Gasteiger partial charge in [0.15, 0.2) is 0 Å². The fourth-order valence-electron chi connectivity index (χ4n) is 4.80. The first kappa shape index (κ1) is 19.2. The first-order valence-electron chi connectivity index (χ1n) is 9.25. The summed E-state index contributed by atoms with van der Waals surface area (Å²) in [5.41, 5.74) is 0.184. The Morgan fingerprint density at radius 1 is 1.50 bits per heavy atom. The third kappa shape index (κ3) is 3.20. The molecular formula is C21H34O3. The average molecular weight is 335 g/mol. The number of fused-ring (bicyclic) bond motifs is 1. The topological polar surface area (TPSA) is 46.5 Å². The molecule has 3 nitrogen and oxygen atoms in total. The van der Waals surface area contributed by atoms with Crippen LogP contribution in [0.3, 0.4) is 0 Å². The zero-order valence-electron chi connectivity index (χ0n) is 16.0. The summed E-state index contributed by atoms with van der Waals surface area (Å²) in [7, 11) is 1.50. The van der Waals surface area contributed by atoms with Crippen molar-refractivity contribution in [2.24, 2.45) is 22.7 Å². The maximum absolute atomic E-state index is 12.5. The van der Waals surface area contributed by atoms with Crippen molar-refractivity contribution >= 4 is 5.97 Å². The second-order valence-corrected chi connectivity index (χ2v) is 8.62. The summed E-state index contributed by atoms with van der Waals surface area (Å²) in [5.74, 6) is 0.724. The van der Waals surface area contributed by atoms with Crippen LogP contribution >= 0.6 is 0 Å². The molecule has 0 saturated heterocycles. The quantitative estimate of drug-likeness (QED) is 0.588. The van der Waals surface area contributed by atoms with E-state index in [4.69, 9.17) is 4.74 Å². The van der Waals surface area contributed by atoms with Crippen LogP contribution in [-0.2, 0) is 9.53 Å². The highest BCUT2D eigenvalue weighted by Gasteiger charge is 2.53. The monoisotopic (exact) mass is 334 g/mol. The summed E-state index contributed by atoms with van der Waals surface area (Å²) in [5, 5.41) is 10.4. The van der Waals surface area contributed by atoms with E-state index in [0.717, 1.165) is 32.1 Å². The summed E-state index contributed by atoms with van der Waals surface area (Å²) in [6.45, 7) is 12.3. The predicted octanol–water partition coefficient (Wildman–Crippen LogP) is 4.66. The van der Waals surface area contributed by atoms with Gasteiger partial charge in [0.1, 0.15) is 0 Å². The van der Waals surface area contributed by atoms with E-state index in [-0.39, 0.29) is 17.3 Å². The number of rotatable bonds is 5. The zero-order chi connectivity index (χ0) is 18.2. The van der Waals surface area contributed by atoms with Crippen LogP contribution in [0.1, 0.15) is 66.2 Å². The lowest BCUT2D eigenvalue weighted by Gasteiger charge is -2.53. The molecule has 1 N–H and O–H groups in total. The molecule has 0 aliphatic heterocycles. The van der Waals surface area contributed by atoms with E-state index in [2.05, 4.69) is 33.4 Å². The highest BCUT2D eigenvalue weighted by Crippen LogP contribution is 2.58. The molecule has 24 heavy (non-hydrogen) atoms. The van der Waals surface area contributed by atoms with Gasteiger partial charge in [-0.25, -0.2) is 0 Å². The third-order valence-electron chi connectivity index (χ3n) is 7.05. The molecular weight excluding hydrogens is 300 g/mol. The lowest BCUT2D eigenvalue weighted by Crippen LogP contribution is -2.48. The van der Waals surface area contributed by atoms with Crippen LogP contribution in [0.25, 0.3) is 0 Å². The fraction of sp³-hybridized carbons (Fsp3) is 0.762. The van der Waals surface area contributed by atoms with Gasteiger partial charge in [-0.15, -0.1) is 6.58 Å². The molecule has 1 saturated carbocycles. The molecule has 2 rings (SSSR count). The fourth-order valence-corrected chi connectivity index (χ4v) is 4.80. The van der Waals surface area contributed by atoms with Gasteiger partial charge in [-0.2, -0.15) is 0 Å². The molecule has 0 heterocycles. The van der Waals surface area contributed by atoms with Crippen LogP contribution < -0.4 is 0 Å². The Morgan fingerprint density at radius 3 is 2.75 bits per heavy atom. The summed E-state index contributed by atoms with van der Waals surface area (Å²) in [6, 6.07) is 0. The molecule has 2 aliphatic carbocycles. The van der Waals surface area contributed by atoms with E-state index < -0.39 is 11.0 Å². The summed E-state index contributed by atoms with van der Waals surface area (Å²) in [6.07, 6.45) is 9.56. The Hall–Kier alpha value is -1.09. The minimum absolute atomic E-state index is 0.0195. The Morgan fingerprint density at radius 2 is 2.17 bits per heavy atom. The Balaban J connectivity index is 2.33. The lowest BCUT2D eigenvalue weighted by molar-refractivity contribution is -0.156. The van der Waals surface area contributed by atoms with Gasteiger partial charge < -0.3 is 9.84 Å². The highest BCUT2D eigenvalue weighted by atomic mass is 16.5. The van der Waals surface area contributed by atoms with E-state index in [1.54, 1.807) is 6.08 Å². The molecule has 3 heteroatoms. The Labute approximate surface area is 147 Å². The largest absolute Gasteiger partial charge is 0.469 e. The van der Waals surface area contributed by atoms with E-state index in [0.29, 0.717) is 12.3 Å². The van der Waals surface area contributed by atoms with E-state index in [1.165, 1.54) is 12.7 Å². The molecule has 0 aromatic carbocycles. The maximum Gasteiger partial charge on any atom is 0.312 e. The minimum atomic E-state index is -0.837. The van der Waals surface area contributed by atoms with Crippen LogP contribution in [0, 0.1) is 22.7 Å². The van der Waals surface area contributed by atoms with Gasteiger partial charge in [0.25, 0.3) is 0 Å². The number of esters is 1. The van der Waals surface area contributed by atoms with Crippen molar-refractivity contribution in [3.63, 3.8) is 0 Å². The third-order valence-corrected chi connectivity index (χ3v) is 7.05. The summed E-state index contributed by atoms with van der Waals surface area (Å²) >= 11 is 0. The van der Waals surface area contributed by atoms with Gasteiger partial charge in [-0.05, 0) is 69.6 Å². The summed E-state index contributed by atoms with van der Waals surface area (Å²) in [4.78, 5) is 12.5. The van der Waals surface area contributed by atoms with Crippen molar-refractivity contribution in [2.75, 3.05) is 7.11 Å². The molecule has 1 fully saturated rings. The number of hydrogen-bond acceptors (Lipinski definition) is 3. The van der Waals surface area contributed by atoms with Gasteiger partial charge in [-0.3, -0.25) is 4.79 Å². The number of allylic oxidation sites excluding steroid dienone is 2. The first-order valence-corrected chi connectivity index (χ1v) is 9.25. The molecule has 2 aliphatic rings. The number of carbonyl (C=O) groups is 1. The molecule has 136 valence electrons. The van der Waals surface area contributed by atoms with Crippen molar-refractivity contribution < 1.29 is 14.6 Å². The standard InChI is InChI=1S/C21H34O3/c1-7-19(3,23)13-14-20(4)15(2)10-11-17-16(20)9-8-12-21(17,5)18(22)24-6/h7,9,15,17,23H,1,8,10-14H2,2-6H3/t15-,17+,19-,20+,21+/m1/s1. The Kier molecular flexibility index (Phi) is 5.34. The zero-order valence-corrected chi connectivity index (χ0v) is 16.0. The van der Waals surface area contributed by atoms with Crippen LogP contribution in [0.4, 0.5) is 0 Å². The molecule has 0 bridgehead atoms. The molecule has 0 unspecified atom stereocenters. The van der Waals surface area contributed by atoms with Crippen molar-refractivity contribution in [2.45, 2.75) is 71.8 Å². The van der Waals surface area contributed by atoms with Gasteiger partial charge in [-0.1, -0.05) is 31.6 Å². The highest BCUT2D eigenvalue weighted by molar-refractivity contribution is 5.77. The normalized spacial score (nSPS) is 38.5. The molecule has 0 amide bonds. The number of methoxy groups -OCH3 is 1. The van der Waals surface area contributed by atoms with Crippen molar-refractivity contribution in [3.05, 3.63) is 24.3 Å². The molecule has 0 aromatic heterocycles. The second-order valence-electron chi connectivity index (χ2n) is 8.62. The number of ether oxygens (including phenoxy) is 1. The van der Waals surface area contributed by atoms with Crippen molar-refractivity contribution in [3.8, 4) is 0 Å². The van der Waals surface area contributed by atoms with E-state index in [1.807, 2.05) is 6.92 Å².